The van der Waals surface area contributed by atoms with E-state index in [4.69, 9.17) is 4.74 Å². The van der Waals surface area contributed by atoms with E-state index in [2.05, 4.69) is 70.5 Å². The fourth-order valence-electron chi connectivity index (χ4n) is 3.62. The maximum Gasteiger partial charge on any atom is 0.126 e. The molecule has 26 heavy (non-hydrogen) atoms. The fourth-order valence-corrected chi connectivity index (χ4v) is 3.62. The topological polar surface area (TPSA) is 39.1 Å². The molecule has 1 aliphatic heterocycles. The second kappa shape index (κ2) is 7.75. The summed E-state index contributed by atoms with van der Waals surface area (Å²) in [6, 6.07) is 17.2. The number of hydrogen-bond donors (Lipinski definition) is 1. The van der Waals surface area contributed by atoms with E-state index in [9.17, 15) is 0 Å². The molecule has 1 unspecified atom stereocenters. The van der Waals surface area contributed by atoms with Gasteiger partial charge in [-0.15, -0.1) is 0 Å². The molecule has 2 heterocycles. The second-order valence-electron chi connectivity index (χ2n) is 6.87. The normalized spacial score (nSPS) is 16.6. The highest BCUT2D eigenvalue weighted by atomic mass is 16.5. The monoisotopic (exact) mass is 347 g/mol. The summed E-state index contributed by atoms with van der Waals surface area (Å²) in [6.07, 6.45) is 6.08. The third kappa shape index (κ3) is 3.65. The van der Waals surface area contributed by atoms with E-state index in [1.165, 1.54) is 16.7 Å². The molecule has 0 spiro atoms. The van der Waals surface area contributed by atoms with Crippen LogP contribution in [0.1, 0.15) is 41.4 Å². The van der Waals surface area contributed by atoms with Gasteiger partial charge >= 0.3 is 0 Å². The molecule has 2 aromatic carbocycles. The Morgan fingerprint density at radius 1 is 1.15 bits per heavy atom. The van der Waals surface area contributed by atoms with Crippen molar-refractivity contribution in [1.29, 1.82) is 0 Å². The number of rotatable bonds is 5. The molecule has 0 saturated heterocycles. The molecule has 0 fully saturated rings. The molecule has 134 valence electrons. The van der Waals surface area contributed by atoms with Crippen molar-refractivity contribution >= 4 is 0 Å². The lowest BCUT2D eigenvalue weighted by molar-refractivity contribution is 0.313. The quantitative estimate of drug-likeness (QED) is 0.750. The Morgan fingerprint density at radius 3 is 2.92 bits per heavy atom. The zero-order valence-electron chi connectivity index (χ0n) is 15.2. The minimum absolute atomic E-state index is 0.300. The number of nitrogens with zero attached hydrogens (tertiary/aromatic N) is 2. The van der Waals surface area contributed by atoms with Crippen molar-refractivity contribution in [2.75, 3.05) is 6.61 Å². The van der Waals surface area contributed by atoms with E-state index in [1.807, 2.05) is 12.3 Å². The molecule has 0 bridgehead atoms. The highest BCUT2D eigenvalue weighted by Gasteiger charge is 2.21. The van der Waals surface area contributed by atoms with Gasteiger partial charge in [-0.2, -0.15) is 0 Å². The van der Waals surface area contributed by atoms with Crippen LogP contribution in [0.2, 0.25) is 0 Å². The Morgan fingerprint density at radius 2 is 2.04 bits per heavy atom. The van der Waals surface area contributed by atoms with Crippen molar-refractivity contribution in [3.8, 4) is 5.75 Å². The van der Waals surface area contributed by atoms with Gasteiger partial charge in [-0.25, -0.2) is 4.98 Å². The molecule has 0 aliphatic carbocycles. The lowest BCUT2D eigenvalue weighted by Gasteiger charge is -2.19. The molecule has 0 saturated carbocycles. The first-order valence-corrected chi connectivity index (χ1v) is 9.31. The van der Waals surface area contributed by atoms with Crippen LogP contribution in [0.5, 0.6) is 5.75 Å². The number of aromatic nitrogens is 2. The molecule has 4 rings (SSSR count). The van der Waals surface area contributed by atoms with Crippen molar-refractivity contribution in [1.82, 2.24) is 14.9 Å². The number of ether oxygens (including phenoxy) is 1. The number of nitrogens with one attached hydrogen (secondary N) is 1. The van der Waals surface area contributed by atoms with Gasteiger partial charge in [0.1, 0.15) is 11.6 Å². The molecular formula is C22H25N3O. The summed E-state index contributed by atoms with van der Waals surface area (Å²) >= 11 is 0. The highest BCUT2D eigenvalue weighted by Crippen LogP contribution is 2.34. The number of aryl methyl sites for hydroxylation is 1. The average molecular weight is 347 g/mol. The van der Waals surface area contributed by atoms with Gasteiger partial charge in [-0.05, 0) is 30.9 Å². The lowest BCUT2D eigenvalue weighted by Crippen LogP contribution is -2.23. The molecule has 1 aliphatic rings. The van der Waals surface area contributed by atoms with Crippen LogP contribution in [-0.4, -0.2) is 16.2 Å². The van der Waals surface area contributed by atoms with Crippen LogP contribution < -0.4 is 10.1 Å². The van der Waals surface area contributed by atoms with Gasteiger partial charge in [-0.3, -0.25) is 0 Å². The summed E-state index contributed by atoms with van der Waals surface area (Å²) in [7, 11) is 0. The zero-order chi connectivity index (χ0) is 17.8. The number of para-hydroxylation sites is 1. The van der Waals surface area contributed by atoms with Crippen molar-refractivity contribution in [2.24, 2.45) is 0 Å². The van der Waals surface area contributed by atoms with Gasteiger partial charge in [0.05, 0.1) is 13.2 Å². The average Bonchev–Trinajstić information content (AvgIpc) is 2.99. The summed E-state index contributed by atoms with van der Waals surface area (Å²) in [6.45, 7) is 4.51. The Labute approximate surface area is 154 Å². The highest BCUT2D eigenvalue weighted by molar-refractivity contribution is 5.43. The maximum absolute atomic E-state index is 5.99. The minimum Gasteiger partial charge on any atom is -0.493 e. The van der Waals surface area contributed by atoms with Crippen molar-refractivity contribution < 1.29 is 4.74 Å². The van der Waals surface area contributed by atoms with E-state index < -0.39 is 0 Å². The molecule has 1 N–H and O–H groups in total. The standard InChI is InChI=1S/C22H25N3O/c1-17-7-5-10-19-20(11-6-14-26-22(17)19)24-15-21-23-12-13-25(21)16-18-8-3-2-4-9-18/h2-5,7-10,12-13,20,24H,6,11,14-16H2,1H3. The molecule has 1 aromatic heterocycles. The molecule has 4 nitrogen and oxygen atoms in total. The van der Waals surface area contributed by atoms with Gasteiger partial charge < -0.3 is 14.6 Å². The minimum atomic E-state index is 0.300. The number of hydrogen-bond acceptors (Lipinski definition) is 3. The van der Waals surface area contributed by atoms with Crippen molar-refractivity contribution in [3.63, 3.8) is 0 Å². The first-order chi connectivity index (χ1) is 12.8. The van der Waals surface area contributed by atoms with E-state index in [0.29, 0.717) is 6.04 Å². The molecule has 1 atom stereocenters. The van der Waals surface area contributed by atoms with Crippen molar-refractivity contribution in [3.05, 3.63) is 83.4 Å². The molecule has 0 amide bonds. The van der Waals surface area contributed by atoms with E-state index in [1.54, 1.807) is 0 Å². The van der Waals surface area contributed by atoms with Crippen LogP contribution in [0.25, 0.3) is 0 Å². The Bertz CT molecular complexity index is 857. The van der Waals surface area contributed by atoms with Crippen LogP contribution in [0.4, 0.5) is 0 Å². The Kier molecular flexibility index (Phi) is 5.02. The van der Waals surface area contributed by atoms with Crippen molar-refractivity contribution in [2.45, 2.75) is 38.9 Å². The van der Waals surface area contributed by atoms with Crippen LogP contribution >= 0.6 is 0 Å². The van der Waals surface area contributed by atoms with Crippen LogP contribution in [0.3, 0.4) is 0 Å². The van der Waals surface area contributed by atoms with Gasteiger partial charge in [0, 0.05) is 30.5 Å². The summed E-state index contributed by atoms with van der Waals surface area (Å²) in [5, 5.41) is 3.71. The zero-order valence-corrected chi connectivity index (χ0v) is 15.2. The second-order valence-corrected chi connectivity index (χ2v) is 6.87. The SMILES string of the molecule is Cc1cccc2c1OCCCC2NCc1nccn1Cc1ccccc1. The largest absolute Gasteiger partial charge is 0.493 e. The fraction of sp³-hybridized carbons (Fsp3) is 0.318. The summed E-state index contributed by atoms with van der Waals surface area (Å²) in [5.74, 6) is 2.11. The first-order valence-electron chi connectivity index (χ1n) is 9.31. The van der Waals surface area contributed by atoms with E-state index >= 15 is 0 Å². The molecule has 4 heteroatoms. The summed E-state index contributed by atoms with van der Waals surface area (Å²) in [4.78, 5) is 4.56. The molecule has 0 radical (unpaired) electrons. The summed E-state index contributed by atoms with van der Waals surface area (Å²) in [5.41, 5.74) is 3.76. The van der Waals surface area contributed by atoms with Crippen LogP contribution in [0, 0.1) is 6.92 Å². The first kappa shape index (κ1) is 16.9. The Hall–Kier alpha value is -2.59. The number of benzene rings is 2. The lowest BCUT2D eigenvalue weighted by atomic mass is 10.00. The Balaban J connectivity index is 1.49. The predicted octanol–water partition coefficient (Wildman–Crippen LogP) is 4.24. The van der Waals surface area contributed by atoms with E-state index in [0.717, 1.165) is 44.1 Å². The number of fused-ring (bicyclic) bond motifs is 1. The van der Waals surface area contributed by atoms with Gasteiger partial charge in [0.2, 0.25) is 0 Å². The predicted molar refractivity (Wildman–Crippen MR) is 103 cm³/mol. The van der Waals surface area contributed by atoms with Gasteiger partial charge in [0.25, 0.3) is 0 Å². The molecule has 3 aromatic rings. The van der Waals surface area contributed by atoms with Crippen LogP contribution in [0.15, 0.2) is 60.9 Å². The van der Waals surface area contributed by atoms with Gasteiger partial charge in [0.15, 0.2) is 0 Å². The van der Waals surface area contributed by atoms with Gasteiger partial charge in [-0.1, -0.05) is 48.5 Å². The number of imidazole rings is 1. The third-order valence-electron chi connectivity index (χ3n) is 5.01. The third-order valence-corrected chi connectivity index (χ3v) is 5.01. The maximum atomic E-state index is 5.99. The van der Waals surface area contributed by atoms with E-state index in [-0.39, 0.29) is 0 Å². The van der Waals surface area contributed by atoms with Crippen LogP contribution in [-0.2, 0) is 13.1 Å². The molecular weight excluding hydrogens is 322 g/mol. The smallest absolute Gasteiger partial charge is 0.126 e. The summed E-state index contributed by atoms with van der Waals surface area (Å²) < 4.78 is 8.20.